The fourth-order valence-corrected chi connectivity index (χ4v) is 2.84. The van der Waals surface area contributed by atoms with Crippen LogP contribution in [-0.4, -0.2) is 9.78 Å². The summed E-state index contributed by atoms with van der Waals surface area (Å²) in [6.45, 7) is 5.65. The summed E-state index contributed by atoms with van der Waals surface area (Å²) in [5.41, 5.74) is 2.76. The Morgan fingerprint density at radius 3 is 3.00 bits per heavy atom. The molecule has 2 heterocycles. The smallest absolute Gasteiger partial charge is 0.0927 e. The third-order valence-electron chi connectivity index (χ3n) is 3.29. The molecular weight excluding hydrogens is 252 g/mol. The lowest BCUT2D eigenvalue weighted by molar-refractivity contribution is 0.521. The second kappa shape index (κ2) is 2.85. The Kier molecular flexibility index (Phi) is 1.78. The zero-order valence-corrected chi connectivity index (χ0v) is 10.5. The first-order valence-electron chi connectivity index (χ1n) is 5.24. The molecule has 0 unspecified atom stereocenters. The number of aromatic nitrogens is 2. The third kappa shape index (κ3) is 1.26. The lowest BCUT2D eigenvalue weighted by atomic mass is 9.87. The van der Waals surface area contributed by atoms with Gasteiger partial charge in [-0.1, -0.05) is 29.8 Å². The molecule has 0 spiro atoms. The van der Waals surface area contributed by atoms with Gasteiger partial charge in [0.05, 0.1) is 11.2 Å². The van der Waals surface area contributed by atoms with E-state index < -0.39 is 0 Å². The highest BCUT2D eigenvalue weighted by Gasteiger charge is 2.33. The number of nitrogens with zero attached hydrogens (tertiary/aromatic N) is 2. The maximum absolute atomic E-state index is 4.63. The highest BCUT2D eigenvalue weighted by atomic mass is 79.9. The van der Waals surface area contributed by atoms with E-state index in [9.17, 15) is 0 Å². The average Bonchev–Trinajstić information content (AvgIpc) is 2.65. The number of fused-ring (bicyclic) bond motifs is 3. The van der Waals surface area contributed by atoms with E-state index >= 15 is 0 Å². The molecule has 0 atom stereocenters. The first-order valence-corrected chi connectivity index (χ1v) is 6.04. The topological polar surface area (TPSA) is 17.8 Å². The average molecular weight is 265 g/mol. The highest BCUT2D eigenvalue weighted by Crippen LogP contribution is 2.39. The van der Waals surface area contributed by atoms with Crippen LogP contribution in [-0.2, 0) is 12.0 Å². The monoisotopic (exact) mass is 264 g/mol. The third-order valence-corrected chi connectivity index (χ3v) is 3.78. The lowest BCUT2D eigenvalue weighted by Crippen LogP contribution is -2.12. The molecule has 0 radical (unpaired) electrons. The van der Waals surface area contributed by atoms with Gasteiger partial charge in [-0.25, -0.2) is 0 Å². The van der Waals surface area contributed by atoms with Crippen molar-refractivity contribution in [1.82, 2.24) is 9.78 Å². The quantitative estimate of drug-likeness (QED) is 0.713. The molecule has 0 N–H and O–H groups in total. The van der Waals surface area contributed by atoms with E-state index in [4.69, 9.17) is 0 Å². The lowest BCUT2D eigenvalue weighted by Gasteiger charge is -2.16. The van der Waals surface area contributed by atoms with Crippen molar-refractivity contribution < 1.29 is 0 Å². The van der Waals surface area contributed by atoms with Crippen LogP contribution in [0.3, 0.4) is 0 Å². The van der Waals surface area contributed by atoms with Crippen LogP contribution in [0.2, 0.25) is 0 Å². The zero-order chi connectivity index (χ0) is 10.6. The van der Waals surface area contributed by atoms with Crippen LogP contribution in [0.5, 0.6) is 0 Å². The molecule has 0 aliphatic carbocycles. The van der Waals surface area contributed by atoms with Crippen LogP contribution >= 0.6 is 15.9 Å². The molecule has 1 aliphatic heterocycles. The second-order valence-electron chi connectivity index (χ2n) is 4.87. The Balaban J connectivity index is 2.39. The van der Waals surface area contributed by atoms with Crippen molar-refractivity contribution in [2.75, 3.05) is 0 Å². The van der Waals surface area contributed by atoms with Gasteiger partial charge in [0.1, 0.15) is 0 Å². The first-order chi connectivity index (χ1) is 7.08. The van der Waals surface area contributed by atoms with Gasteiger partial charge < -0.3 is 0 Å². The van der Waals surface area contributed by atoms with Crippen LogP contribution < -0.4 is 0 Å². The fourth-order valence-electron chi connectivity index (χ4n) is 2.48. The number of hydrogen-bond acceptors (Lipinski definition) is 1. The van der Waals surface area contributed by atoms with Crippen LogP contribution in [0.4, 0.5) is 0 Å². The molecular formula is C12H13BrN2. The van der Waals surface area contributed by atoms with E-state index in [1.807, 2.05) is 0 Å². The zero-order valence-electron chi connectivity index (χ0n) is 8.92. The molecule has 78 valence electrons. The van der Waals surface area contributed by atoms with E-state index in [2.05, 4.69) is 57.8 Å². The molecule has 1 aliphatic rings. The van der Waals surface area contributed by atoms with E-state index in [0.29, 0.717) is 0 Å². The number of hydrogen-bond donors (Lipinski definition) is 0. The van der Waals surface area contributed by atoms with Gasteiger partial charge in [0, 0.05) is 21.8 Å². The van der Waals surface area contributed by atoms with Gasteiger partial charge >= 0.3 is 0 Å². The van der Waals surface area contributed by atoms with Crippen LogP contribution in [0, 0.1) is 0 Å². The molecule has 2 aromatic rings. The summed E-state index contributed by atoms with van der Waals surface area (Å²) in [5.74, 6) is 0. The summed E-state index contributed by atoms with van der Waals surface area (Å²) in [6, 6.07) is 6.32. The predicted molar refractivity (Wildman–Crippen MR) is 65.1 cm³/mol. The number of halogens is 1. The Morgan fingerprint density at radius 1 is 1.40 bits per heavy atom. The van der Waals surface area contributed by atoms with Gasteiger partial charge in [-0.2, -0.15) is 5.10 Å². The van der Waals surface area contributed by atoms with Gasteiger partial charge in [0.15, 0.2) is 0 Å². The van der Waals surface area contributed by atoms with Crippen molar-refractivity contribution in [3.05, 3.63) is 28.4 Å². The number of rotatable bonds is 0. The van der Waals surface area contributed by atoms with Gasteiger partial charge in [-0.15, -0.1) is 0 Å². The van der Waals surface area contributed by atoms with Crippen LogP contribution in [0.1, 0.15) is 26.0 Å². The summed E-state index contributed by atoms with van der Waals surface area (Å²) in [6.07, 6.45) is 1.19. The second-order valence-corrected chi connectivity index (χ2v) is 5.78. The SMILES string of the molecule is CC1(C)CCn2nc3ccc(Br)cc3c21. The van der Waals surface area contributed by atoms with Crippen molar-refractivity contribution in [2.45, 2.75) is 32.2 Å². The standard InChI is InChI=1S/C12H13BrN2/c1-12(2)5-6-15-11(12)9-7-8(13)3-4-10(9)14-15/h3-4,7H,5-6H2,1-2H3. The van der Waals surface area contributed by atoms with Gasteiger partial charge in [-0.3, -0.25) is 4.68 Å². The van der Waals surface area contributed by atoms with Crippen molar-refractivity contribution >= 4 is 26.8 Å². The predicted octanol–water partition coefficient (Wildman–Crippen LogP) is 3.48. The molecule has 0 amide bonds. The van der Waals surface area contributed by atoms with Gasteiger partial charge in [0.2, 0.25) is 0 Å². The minimum absolute atomic E-state index is 0.259. The molecule has 15 heavy (non-hydrogen) atoms. The highest BCUT2D eigenvalue weighted by molar-refractivity contribution is 9.10. The Bertz CT molecular complexity index is 540. The number of benzene rings is 1. The fraction of sp³-hybridized carbons (Fsp3) is 0.417. The maximum atomic E-state index is 4.63. The molecule has 0 saturated carbocycles. The molecule has 1 aromatic heterocycles. The summed E-state index contributed by atoms with van der Waals surface area (Å²) in [7, 11) is 0. The van der Waals surface area contributed by atoms with Gasteiger partial charge in [-0.05, 0) is 24.6 Å². The van der Waals surface area contributed by atoms with Crippen molar-refractivity contribution in [1.29, 1.82) is 0 Å². The van der Waals surface area contributed by atoms with Crippen molar-refractivity contribution in [3.63, 3.8) is 0 Å². The van der Waals surface area contributed by atoms with Crippen LogP contribution in [0.15, 0.2) is 22.7 Å². The molecule has 3 rings (SSSR count). The summed E-state index contributed by atoms with van der Waals surface area (Å²) >= 11 is 3.53. The molecule has 3 heteroatoms. The van der Waals surface area contributed by atoms with E-state index in [0.717, 1.165) is 16.5 Å². The summed E-state index contributed by atoms with van der Waals surface area (Å²) in [5, 5.41) is 5.92. The molecule has 0 bridgehead atoms. The Labute approximate surface area is 97.4 Å². The Hall–Kier alpha value is -0.830. The molecule has 1 aromatic carbocycles. The minimum atomic E-state index is 0.259. The molecule has 0 fully saturated rings. The summed E-state index contributed by atoms with van der Waals surface area (Å²) < 4.78 is 3.30. The molecule has 2 nitrogen and oxygen atoms in total. The van der Waals surface area contributed by atoms with Gasteiger partial charge in [0.25, 0.3) is 0 Å². The summed E-state index contributed by atoms with van der Waals surface area (Å²) in [4.78, 5) is 0. The van der Waals surface area contributed by atoms with Crippen molar-refractivity contribution in [2.24, 2.45) is 0 Å². The normalized spacial score (nSPS) is 18.3. The Morgan fingerprint density at radius 2 is 2.20 bits per heavy atom. The largest absolute Gasteiger partial charge is 0.268 e. The van der Waals surface area contributed by atoms with E-state index in [1.165, 1.54) is 17.5 Å². The van der Waals surface area contributed by atoms with E-state index in [-0.39, 0.29) is 5.41 Å². The van der Waals surface area contributed by atoms with E-state index in [1.54, 1.807) is 0 Å². The minimum Gasteiger partial charge on any atom is -0.268 e. The van der Waals surface area contributed by atoms with Crippen LogP contribution in [0.25, 0.3) is 10.9 Å². The maximum Gasteiger partial charge on any atom is 0.0927 e. The first kappa shape index (κ1) is 9.40. The van der Waals surface area contributed by atoms with Crippen molar-refractivity contribution in [3.8, 4) is 0 Å². The molecule has 0 saturated heterocycles. The number of aryl methyl sites for hydroxylation is 1.